The Morgan fingerprint density at radius 2 is 1.85 bits per heavy atom. The molecule has 138 valence electrons. The summed E-state index contributed by atoms with van der Waals surface area (Å²) in [4.78, 5) is 17.2. The Labute approximate surface area is 158 Å². The van der Waals surface area contributed by atoms with Gasteiger partial charge in [0.15, 0.2) is 0 Å². The SMILES string of the molecule is O=C(NC1CC1)c1cc(NCC(O)Cc2ccccc2)nc2ccccc12. The topological polar surface area (TPSA) is 74.2 Å². The molecule has 5 nitrogen and oxygen atoms in total. The van der Waals surface area contributed by atoms with Crippen molar-refractivity contribution in [2.45, 2.75) is 31.4 Å². The van der Waals surface area contributed by atoms with E-state index in [9.17, 15) is 9.90 Å². The summed E-state index contributed by atoms with van der Waals surface area (Å²) in [6.07, 6.45) is 2.12. The minimum atomic E-state index is -0.538. The second-order valence-corrected chi connectivity index (χ2v) is 7.04. The van der Waals surface area contributed by atoms with Crippen LogP contribution in [0.15, 0.2) is 60.7 Å². The fraction of sp³-hybridized carbons (Fsp3) is 0.273. The average molecular weight is 361 g/mol. The molecule has 0 aliphatic heterocycles. The van der Waals surface area contributed by atoms with Gasteiger partial charge in [0.2, 0.25) is 0 Å². The third kappa shape index (κ3) is 4.44. The Morgan fingerprint density at radius 1 is 1.11 bits per heavy atom. The van der Waals surface area contributed by atoms with Crippen molar-refractivity contribution in [3.05, 3.63) is 71.8 Å². The molecule has 1 saturated carbocycles. The highest BCUT2D eigenvalue weighted by Gasteiger charge is 2.25. The predicted octanol–water partition coefficient (Wildman–Crippen LogP) is 3.14. The third-order valence-electron chi connectivity index (χ3n) is 4.71. The first-order valence-electron chi connectivity index (χ1n) is 9.35. The van der Waals surface area contributed by atoms with Crippen molar-refractivity contribution >= 4 is 22.6 Å². The molecule has 1 aliphatic rings. The van der Waals surface area contributed by atoms with Gasteiger partial charge in [-0.15, -0.1) is 0 Å². The van der Waals surface area contributed by atoms with E-state index in [1.807, 2.05) is 54.6 Å². The third-order valence-corrected chi connectivity index (χ3v) is 4.71. The highest BCUT2D eigenvalue weighted by atomic mass is 16.3. The number of para-hydroxylation sites is 1. The standard InChI is InChI=1S/C22H23N3O2/c26-17(12-15-6-2-1-3-7-15)14-23-21-13-19(22(27)24-16-10-11-16)18-8-4-5-9-20(18)25-21/h1-9,13,16-17,26H,10-12,14H2,(H,23,25)(H,24,27). The Hall–Kier alpha value is -2.92. The number of fused-ring (bicyclic) bond motifs is 1. The fourth-order valence-electron chi connectivity index (χ4n) is 3.13. The monoisotopic (exact) mass is 361 g/mol. The quantitative estimate of drug-likeness (QED) is 0.604. The van der Waals surface area contributed by atoms with Gasteiger partial charge < -0.3 is 15.7 Å². The molecule has 1 fully saturated rings. The second-order valence-electron chi connectivity index (χ2n) is 7.04. The number of carbonyl (C=O) groups excluding carboxylic acids is 1. The fourth-order valence-corrected chi connectivity index (χ4v) is 3.13. The molecule has 1 amide bonds. The second kappa shape index (κ2) is 7.76. The van der Waals surface area contributed by atoms with E-state index in [0.717, 1.165) is 29.3 Å². The first kappa shape index (κ1) is 17.5. The summed E-state index contributed by atoms with van der Waals surface area (Å²) in [5, 5.41) is 17.4. The van der Waals surface area contributed by atoms with Crippen LogP contribution in [-0.4, -0.2) is 34.7 Å². The summed E-state index contributed by atoms with van der Waals surface area (Å²) in [6.45, 7) is 0.365. The van der Waals surface area contributed by atoms with Crippen LogP contribution in [0.3, 0.4) is 0 Å². The molecule has 5 heteroatoms. The van der Waals surface area contributed by atoms with Gasteiger partial charge in [-0.1, -0.05) is 48.5 Å². The molecule has 0 radical (unpaired) electrons. The van der Waals surface area contributed by atoms with E-state index in [2.05, 4.69) is 15.6 Å². The van der Waals surface area contributed by atoms with Gasteiger partial charge in [0.1, 0.15) is 5.82 Å². The normalized spacial score (nSPS) is 14.7. The summed E-state index contributed by atoms with van der Waals surface area (Å²) in [6, 6.07) is 19.6. The molecule has 1 heterocycles. The molecule has 0 bridgehead atoms. The van der Waals surface area contributed by atoms with Crippen molar-refractivity contribution in [3.8, 4) is 0 Å². The highest BCUT2D eigenvalue weighted by Crippen LogP contribution is 2.24. The van der Waals surface area contributed by atoms with E-state index >= 15 is 0 Å². The summed E-state index contributed by atoms with van der Waals surface area (Å²) in [5.74, 6) is 0.533. The molecule has 2 aromatic carbocycles. The Kier molecular flexibility index (Phi) is 5.03. The zero-order valence-electron chi connectivity index (χ0n) is 15.1. The van der Waals surface area contributed by atoms with Gasteiger partial charge in [-0.3, -0.25) is 4.79 Å². The molecule has 0 spiro atoms. The maximum Gasteiger partial charge on any atom is 0.252 e. The Bertz CT molecular complexity index is 939. The number of hydrogen-bond donors (Lipinski definition) is 3. The van der Waals surface area contributed by atoms with E-state index in [0.29, 0.717) is 30.4 Å². The summed E-state index contributed by atoms with van der Waals surface area (Å²) < 4.78 is 0. The summed E-state index contributed by atoms with van der Waals surface area (Å²) >= 11 is 0. The number of nitrogens with zero attached hydrogens (tertiary/aromatic N) is 1. The number of nitrogens with one attached hydrogen (secondary N) is 2. The first-order chi connectivity index (χ1) is 13.2. The minimum absolute atomic E-state index is 0.0658. The Morgan fingerprint density at radius 3 is 2.63 bits per heavy atom. The van der Waals surface area contributed by atoms with Crippen LogP contribution < -0.4 is 10.6 Å². The van der Waals surface area contributed by atoms with Gasteiger partial charge in [-0.2, -0.15) is 0 Å². The van der Waals surface area contributed by atoms with Crippen molar-refractivity contribution in [2.24, 2.45) is 0 Å². The molecule has 4 rings (SSSR count). The molecule has 3 aromatic rings. The number of aliphatic hydroxyl groups excluding tert-OH is 1. The maximum absolute atomic E-state index is 12.6. The van der Waals surface area contributed by atoms with Crippen LogP contribution in [0.2, 0.25) is 0 Å². The van der Waals surface area contributed by atoms with Crippen molar-refractivity contribution in [3.63, 3.8) is 0 Å². The first-order valence-corrected chi connectivity index (χ1v) is 9.35. The van der Waals surface area contributed by atoms with Crippen molar-refractivity contribution < 1.29 is 9.90 Å². The average Bonchev–Trinajstić information content (AvgIpc) is 3.50. The lowest BCUT2D eigenvalue weighted by atomic mass is 10.1. The van der Waals surface area contributed by atoms with Crippen LogP contribution >= 0.6 is 0 Å². The van der Waals surface area contributed by atoms with Crippen LogP contribution in [0.25, 0.3) is 10.9 Å². The van der Waals surface area contributed by atoms with Crippen molar-refractivity contribution in [1.29, 1.82) is 0 Å². The van der Waals surface area contributed by atoms with Gasteiger partial charge in [-0.25, -0.2) is 4.98 Å². The van der Waals surface area contributed by atoms with Gasteiger partial charge in [0.25, 0.3) is 5.91 Å². The van der Waals surface area contributed by atoms with Crippen LogP contribution in [0.5, 0.6) is 0 Å². The predicted molar refractivity (Wildman–Crippen MR) is 107 cm³/mol. The number of rotatable bonds is 7. The number of aliphatic hydroxyl groups is 1. The van der Waals surface area contributed by atoms with E-state index in [1.165, 1.54) is 0 Å². The van der Waals surface area contributed by atoms with E-state index in [1.54, 1.807) is 6.07 Å². The molecule has 1 aromatic heterocycles. The van der Waals surface area contributed by atoms with Gasteiger partial charge in [0, 0.05) is 24.4 Å². The zero-order chi connectivity index (χ0) is 18.6. The van der Waals surface area contributed by atoms with Crippen LogP contribution in [0, 0.1) is 0 Å². The molecular formula is C22H23N3O2. The number of hydrogen-bond acceptors (Lipinski definition) is 4. The molecule has 27 heavy (non-hydrogen) atoms. The number of amides is 1. The van der Waals surface area contributed by atoms with Crippen LogP contribution in [-0.2, 0) is 6.42 Å². The molecule has 1 unspecified atom stereocenters. The molecule has 1 atom stereocenters. The summed E-state index contributed by atoms with van der Waals surface area (Å²) in [5.41, 5.74) is 2.47. The van der Waals surface area contributed by atoms with Gasteiger partial charge in [-0.05, 0) is 30.5 Å². The number of benzene rings is 2. The minimum Gasteiger partial charge on any atom is -0.391 e. The van der Waals surface area contributed by atoms with Gasteiger partial charge >= 0.3 is 0 Å². The number of carbonyl (C=O) groups is 1. The number of aromatic nitrogens is 1. The van der Waals surface area contributed by atoms with E-state index in [4.69, 9.17) is 0 Å². The summed E-state index contributed by atoms with van der Waals surface area (Å²) in [7, 11) is 0. The molecule has 0 saturated heterocycles. The maximum atomic E-state index is 12.6. The van der Waals surface area contributed by atoms with Crippen LogP contribution in [0.4, 0.5) is 5.82 Å². The largest absolute Gasteiger partial charge is 0.391 e. The van der Waals surface area contributed by atoms with Crippen molar-refractivity contribution in [1.82, 2.24) is 10.3 Å². The zero-order valence-corrected chi connectivity index (χ0v) is 15.1. The lowest BCUT2D eigenvalue weighted by Crippen LogP contribution is -2.26. The van der Waals surface area contributed by atoms with E-state index < -0.39 is 6.10 Å². The lowest BCUT2D eigenvalue weighted by Gasteiger charge is -2.14. The molecule has 3 N–H and O–H groups in total. The number of anilines is 1. The highest BCUT2D eigenvalue weighted by molar-refractivity contribution is 6.07. The lowest BCUT2D eigenvalue weighted by molar-refractivity contribution is 0.0952. The number of pyridine rings is 1. The Balaban J connectivity index is 1.50. The molecular weight excluding hydrogens is 338 g/mol. The smallest absolute Gasteiger partial charge is 0.252 e. The molecule has 1 aliphatic carbocycles. The van der Waals surface area contributed by atoms with Crippen molar-refractivity contribution in [2.75, 3.05) is 11.9 Å². The van der Waals surface area contributed by atoms with E-state index in [-0.39, 0.29) is 5.91 Å². The van der Waals surface area contributed by atoms with Crippen LogP contribution in [0.1, 0.15) is 28.8 Å². The van der Waals surface area contributed by atoms with Gasteiger partial charge in [0.05, 0.1) is 17.2 Å².